The van der Waals surface area contributed by atoms with Crippen LogP contribution in [0.5, 0.6) is 0 Å². The van der Waals surface area contributed by atoms with E-state index in [0.717, 1.165) is 6.07 Å². The molecule has 2 aromatic rings. The molecule has 1 aromatic heterocycles. The van der Waals surface area contributed by atoms with Crippen LogP contribution in [0.25, 0.3) is 10.9 Å². The summed E-state index contributed by atoms with van der Waals surface area (Å²) in [5.41, 5.74) is -1.53. The Balaban J connectivity index is 2.07. The zero-order chi connectivity index (χ0) is 14.7. The van der Waals surface area contributed by atoms with Crippen molar-refractivity contribution in [2.75, 3.05) is 0 Å². The standard InChI is InChI=1S/C13H12BrF3N2O/c1-12(20)4-9(5-12)19-6-7-2-8(14)3-10(11(7)18-19)13(15,16)17/h2-3,6,9,20H,4-5H2,1H3/t9-,12+. The molecule has 3 nitrogen and oxygen atoms in total. The second-order valence-corrected chi connectivity index (χ2v) is 6.47. The van der Waals surface area contributed by atoms with Crippen LogP contribution in [-0.4, -0.2) is 20.5 Å². The van der Waals surface area contributed by atoms with Gasteiger partial charge in [-0.05, 0) is 31.9 Å². The van der Waals surface area contributed by atoms with Gasteiger partial charge in [0.1, 0.15) is 5.52 Å². The average molecular weight is 349 g/mol. The SMILES string of the molecule is C[C@]1(O)C[C@@H](n2cc3cc(Br)cc(C(F)(F)F)c3n2)C1. The summed E-state index contributed by atoms with van der Waals surface area (Å²) >= 11 is 3.09. The van der Waals surface area contributed by atoms with Crippen molar-refractivity contribution in [2.24, 2.45) is 0 Å². The van der Waals surface area contributed by atoms with Crippen LogP contribution in [0.3, 0.4) is 0 Å². The minimum absolute atomic E-state index is 0.0442. The third-order valence-corrected chi connectivity index (χ3v) is 4.08. The van der Waals surface area contributed by atoms with Crippen molar-refractivity contribution in [3.8, 4) is 0 Å². The molecule has 0 saturated heterocycles. The Kier molecular flexibility index (Phi) is 2.92. The van der Waals surface area contributed by atoms with Gasteiger partial charge in [0.15, 0.2) is 0 Å². The zero-order valence-corrected chi connectivity index (χ0v) is 12.2. The molecule has 0 unspecified atom stereocenters. The summed E-state index contributed by atoms with van der Waals surface area (Å²) in [6, 6.07) is 2.61. The third kappa shape index (κ3) is 2.33. The highest BCUT2D eigenvalue weighted by atomic mass is 79.9. The molecule has 0 amide bonds. The molecule has 0 atom stereocenters. The number of aliphatic hydroxyl groups is 1. The van der Waals surface area contributed by atoms with Gasteiger partial charge < -0.3 is 5.11 Å². The van der Waals surface area contributed by atoms with Crippen molar-refractivity contribution in [3.05, 3.63) is 28.4 Å². The Labute approximate surface area is 121 Å². The van der Waals surface area contributed by atoms with E-state index >= 15 is 0 Å². The van der Waals surface area contributed by atoms with E-state index < -0.39 is 17.3 Å². The Morgan fingerprint density at radius 2 is 2.05 bits per heavy atom. The van der Waals surface area contributed by atoms with E-state index in [1.165, 1.54) is 4.68 Å². The lowest BCUT2D eigenvalue weighted by Crippen LogP contribution is -2.42. The summed E-state index contributed by atoms with van der Waals surface area (Å²) in [6.07, 6.45) is -1.82. The van der Waals surface area contributed by atoms with E-state index in [0.29, 0.717) is 22.7 Å². The maximum Gasteiger partial charge on any atom is 0.418 e. The number of nitrogens with zero attached hydrogens (tertiary/aromatic N) is 2. The van der Waals surface area contributed by atoms with Gasteiger partial charge in [-0.1, -0.05) is 15.9 Å². The first kappa shape index (κ1) is 13.9. The van der Waals surface area contributed by atoms with E-state index in [-0.39, 0.29) is 11.6 Å². The molecule has 0 aliphatic heterocycles. The van der Waals surface area contributed by atoms with Crippen LogP contribution in [0.1, 0.15) is 31.4 Å². The fourth-order valence-corrected chi connectivity index (χ4v) is 3.14. The molecule has 0 radical (unpaired) electrons. The van der Waals surface area contributed by atoms with Crippen molar-refractivity contribution in [3.63, 3.8) is 0 Å². The zero-order valence-electron chi connectivity index (χ0n) is 10.6. The van der Waals surface area contributed by atoms with Crippen LogP contribution in [0.4, 0.5) is 13.2 Å². The number of alkyl halides is 3. The van der Waals surface area contributed by atoms with E-state index in [2.05, 4.69) is 21.0 Å². The number of fused-ring (bicyclic) bond motifs is 1. The van der Waals surface area contributed by atoms with Crippen LogP contribution in [-0.2, 0) is 6.18 Å². The van der Waals surface area contributed by atoms with Crippen LogP contribution >= 0.6 is 15.9 Å². The first-order valence-electron chi connectivity index (χ1n) is 6.14. The third-order valence-electron chi connectivity index (χ3n) is 3.62. The Morgan fingerprint density at radius 1 is 1.40 bits per heavy atom. The summed E-state index contributed by atoms with van der Waals surface area (Å²) < 4.78 is 41.0. The quantitative estimate of drug-likeness (QED) is 0.848. The Bertz CT molecular complexity index is 670. The van der Waals surface area contributed by atoms with Crippen LogP contribution in [0.15, 0.2) is 22.8 Å². The van der Waals surface area contributed by atoms with Gasteiger partial charge in [0, 0.05) is 16.1 Å². The van der Waals surface area contributed by atoms with Crippen molar-refractivity contribution in [1.29, 1.82) is 0 Å². The molecular weight excluding hydrogens is 337 g/mol. The highest BCUT2D eigenvalue weighted by molar-refractivity contribution is 9.10. The van der Waals surface area contributed by atoms with E-state index in [9.17, 15) is 18.3 Å². The number of benzene rings is 1. The first-order chi connectivity index (χ1) is 9.16. The second-order valence-electron chi connectivity index (χ2n) is 5.56. The highest BCUT2D eigenvalue weighted by Crippen LogP contribution is 2.42. The minimum Gasteiger partial charge on any atom is -0.390 e. The lowest BCUT2D eigenvalue weighted by atomic mass is 9.77. The fraction of sp³-hybridized carbons (Fsp3) is 0.462. The normalized spacial score (nSPS) is 26.8. The number of rotatable bonds is 1. The predicted molar refractivity (Wildman–Crippen MR) is 71.3 cm³/mol. The lowest BCUT2D eigenvalue weighted by molar-refractivity contribution is -0.136. The average Bonchev–Trinajstić information content (AvgIpc) is 2.66. The molecule has 1 aromatic carbocycles. The maximum atomic E-state index is 13.0. The number of hydrogen-bond donors (Lipinski definition) is 1. The lowest BCUT2D eigenvalue weighted by Gasteiger charge is -2.40. The van der Waals surface area contributed by atoms with Crippen LogP contribution < -0.4 is 0 Å². The van der Waals surface area contributed by atoms with Gasteiger partial charge in [0.2, 0.25) is 0 Å². The predicted octanol–water partition coefficient (Wildman–Crippen LogP) is 3.90. The molecule has 1 heterocycles. The van der Waals surface area contributed by atoms with Gasteiger partial charge in [-0.3, -0.25) is 4.68 Å². The van der Waals surface area contributed by atoms with Gasteiger partial charge in [-0.25, -0.2) is 0 Å². The molecule has 3 rings (SSSR count). The van der Waals surface area contributed by atoms with Gasteiger partial charge in [-0.2, -0.15) is 18.3 Å². The van der Waals surface area contributed by atoms with Gasteiger partial charge in [-0.15, -0.1) is 0 Å². The molecule has 0 spiro atoms. The summed E-state index contributed by atoms with van der Waals surface area (Å²) in [5, 5.41) is 14.2. The topological polar surface area (TPSA) is 38.0 Å². The van der Waals surface area contributed by atoms with E-state index in [1.54, 1.807) is 19.2 Å². The van der Waals surface area contributed by atoms with Crippen molar-refractivity contribution in [1.82, 2.24) is 9.78 Å². The van der Waals surface area contributed by atoms with E-state index in [4.69, 9.17) is 0 Å². The summed E-state index contributed by atoms with van der Waals surface area (Å²) in [7, 11) is 0. The fourth-order valence-electron chi connectivity index (χ4n) is 2.66. The maximum absolute atomic E-state index is 13.0. The molecular formula is C13H12BrF3N2O. The molecule has 7 heteroatoms. The molecule has 1 saturated carbocycles. The summed E-state index contributed by atoms with van der Waals surface area (Å²) in [5.74, 6) is 0. The van der Waals surface area contributed by atoms with Gasteiger partial charge in [0.25, 0.3) is 0 Å². The highest BCUT2D eigenvalue weighted by Gasteiger charge is 2.40. The summed E-state index contributed by atoms with van der Waals surface area (Å²) in [4.78, 5) is 0. The number of hydrogen-bond acceptors (Lipinski definition) is 2. The second kappa shape index (κ2) is 4.21. The van der Waals surface area contributed by atoms with Crippen LogP contribution in [0.2, 0.25) is 0 Å². The van der Waals surface area contributed by atoms with Crippen molar-refractivity contribution < 1.29 is 18.3 Å². The molecule has 1 aliphatic rings. The Hall–Kier alpha value is -1.08. The molecule has 20 heavy (non-hydrogen) atoms. The molecule has 1 fully saturated rings. The largest absolute Gasteiger partial charge is 0.418 e. The first-order valence-corrected chi connectivity index (χ1v) is 6.93. The van der Waals surface area contributed by atoms with Gasteiger partial charge >= 0.3 is 6.18 Å². The molecule has 1 aliphatic carbocycles. The molecule has 1 N–H and O–H groups in total. The van der Waals surface area contributed by atoms with Crippen molar-refractivity contribution in [2.45, 2.75) is 37.6 Å². The number of halogens is 4. The number of aromatic nitrogens is 2. The summed E-state index contributed by atoms with van der Waals surface area (Å²) in [6.45, 7) is 1.71. The molecule has 108 valence electrons. The minimum atomic E-state index is -4.44. The van der Waals surface area contributed by atoms with Gasteiger partial charge in [0.05, 0.1) is 17.2 Å². The van der Waals surface area contributed by atoms with E-state index in [1.807, 2.05) is 0 Å². The Morgan fingerprint density at radius 3 is 2.60 bits per heavy atom. The molecule has 0 bridgehead atoms. The van der Waals surface area contributed by atoms with Crippen molar-refractivity contribution >= 4 is 26.8 Å². The smallest absolute Gasteiger partial charge is 0.390 e. The monoisotopic (exact) mass is 348 g/mol. The van der Waals surface area contributed by atoms with Crippen LogP contribution in [0, 0.1) is 0 Å².